The maximum Gasteiger partial charge on any atom is 0.339 e. The highest BCUT2D eigenvalue weighted by molar-refractivity contribution is 6.06. The highest BCUT2D eigenvalue weighted by Crippen LogP contribution is 2.30. The maximum absolute atomic E-state index is 12.6. The molecule has 7 nitrogen and oxygen atoms in total. The summed E-state index contributed by atoms with van der Waals surface area (Å²) < 4.78 is 21.2. The lowest BCUT2D eigenvalue weighted by Gasteiger charge is -2.18. The van der Waals surface area contributed by atoms with Crippen molar-refractivity contribution in [1.29, 1.82) is 0 Å². The minimum Gasteiger partial charge on any atom is -0.497 e. The van der Waals surface area contributed by atoms with E-state index in [2.05, 4.69) is 5.32 Å². The second-order valence-corrected chi connectivity index (χ2v) is 6.83. The number of fused-ring (bicyclic) bond motifs is 1. The number of carbonyl (C=O) groups excluding carboxylic acids is 2. The van der Waals surface area contributed by atoms with Crippen molar-refractivity contribution in [2.45, 2.75) is 13.0 Å². The number of rotatable bonds is 8. The minimum atomic E-state index is -0.583. The van der Waals surface area contributed by atoms with Gasteiger partial charge >= 0.3 is 5.97 Å². The van der Waals surface area contributed by atoms with Gasteiger partial charge in [0, 0.05) is 10.9 Å². The average Bonchev–Trinajstić information content (AvgIpc) is 2.81. The van der Waals surface area contributed by atoms with Gasteiger partial charge in [-0.15, -0.1) is 0 Å². The number of hydrogen-bond donors (Lipinski definition) is 1. The zero-order chi connectivity index (χ0) is 22.4. The fourth-order valence-corrected chi connectivity index (χ4v) is 3.37. The largest absolute Gasteiger partial charge is 0.497 e. The van der Waals surface area contributed by atoms with Gasteiger partial charge in [-0.2, -0.15) is 0 Å². The van der Waals surface area contributed by atoms with Gasteiger partial charge in [-0.3, -0.25) is 4.79 Å². The molecule has 7 heteroatoms. The normalized spacial score (nSPS) is 11.5. The summed E-state index contributed by atoms with van der Waals surface area (Å²) in [6.07, 6.45) is 0. The van der Waals surface area contributed by atoms with Crippen molar-refractivity contribution in [2.75, 3.05) is 27.9 Å². The third-order valence-corrected chi connectivity index (χ3v) is 4.94. The van der Waals surface area contributed by atoms with Gasteiger partial charge < -0.3 is 24.3 Å². The standard InChI is InChI=1S/C24H25NO6/c1-15(20-13-16(28-2)9-11-22(20)30-4)25-23(26)14-31-24(27)19-10-12-21(29-3)18-8-6-5-7-17(18)19/h5-13,15H,14H2,1-4H3,(H,25,26)/t15-/m0/s1. The van der Waals surface area contributed by atoms with Crippen molar-refractivity contribution in [2.24, 2.45) is 0 Å². The summed E-state index contributed by atoms with van der Waals surface area (Å²) >= 11 is 0. The monoisotopic (exact) mass is 423 g/mol. The summed E-state index contributed by atoms with van der Waals surface area (Å²) in [5.41, 5.74) is 1.12. The SMILES string of the molecule is COc1ccc(OC)c([C@H](C)NC(=O)COC(=O)c2ccc(OC)c3ccccc23)c1. The Morgan fingerprint density at radius 2 is 1.55 bits per heavy atom. The molecule has 162 valence electrons. The lowest BCUT2D eigenvalue weighted by Crippen LogP contribution is -2.31. The van der Waals surface area contributed by atoms with Crippen molar-refractivity contribution in [3.63, 3.8) is 0 Å². The van der Waals surface area contributed by atoms with Crippen molar-refractivity contribution in [1.82, 2.24) is 5.32 Å². The Bertz CT molecular complexity index is 1090. The molecule has 1 amide bonds. The maximum atomic E-state index is 12.6. The number of nitrogens with one attached hydrogen (secondary N) is 1. The summed E-state index contributed by atoms with van der Waals surface area (Å²) in [5, 5.41) is 4.30. The molecule has 0 aliphatic heterocycles. The first kappa shape index (κ1) is 22.0. The molecule has 0 unspecified atom stereocenters. The Morgan fingerprint density at radius 3 is 2.23 bits per heavy atom. The number of carbonyl (C=O) groups is 2. The molecule has 31 heavy (non-hydrogen) atoms. The van der Waals surface area contributed by atoms with E-state index in [-0.39, 0.29) is 6.04 Å². The van der Waals surface area contributed by atoms with E-state index < -0.39 is 18.5 Å². The molecule has 0 radical (unpaired) electrons. The lowest BCUT2D eigenvalue weighted by atomic mass is 10.0. The van der Waals surface area contributed by atoms with E-state index in [1.54, 1.807) is 51.7 Å². The third kappa shape index (κ3) is 4.88. The Labute approximate surface area is 180 Å². The second-order valence-electron chi connectivity index (χ2n) is 6.83. The molecule has 3 rings (SSSR count). The number of ether oxygens (including phenoxy) is 4. The van der Waals surface area contributed by atoms with Crippen LogP contribution in [0.5, 0.6) is 17.2 Å². The van der Waals surface area contributed by atoms with Gasteiger partial charge in [0.25, 0.3) is 5.91 Å². The first-order chi connectivity index (χ1) is 15.0. The first-order valence-corrected chi connectivity index (χ1v) is 9.72. The van der Waals surface area contributed by atoms with Crippen LogP contribution < -0.4 is 19.5 Å². The number of methoxy groups -OCH3 is 3. The van der Waals surface area contributed by atoms with Crippen molar-refractivity contribution in [3.05, 3.63) is 65.7 Å². The molecule has 0 aromatic heterocycles. The molecule has 0 bridgehead atoms. The van der Waals surface area contributed by atoms with E-state index in [0.717, 1.165) is 10.9 Å². The zero-order valence-corrected chi connectivity index (χ0v) is 17.9. The zero-order valence-electron chi connectivity index (χ0n) is 17.9. The van der Waals surface area contributed by atoms with Gasteiger partial charge in [0.05, 0.1) is 32.9 Å². The van der Waals surface area contributed by atoms with Gasteiger partial charge in [-0.05, 0) is 42.6 Å². The molecule has 1 N–H and O–H groups in total. The van der Waals surface area contributed by atoms with Gasteiger partial charge in [0.15, 0.2) is 6.61 Å². The van der Waals surface area contributed by atoms with Gasteiger partial charge in [0.2, 0.25) is 0 Å². The van der Waals surface area contributed by atoms with Crippen LogP contribution in [0, 0.1) is 0 Å². The molecule has 3 aromatic carbocycles. The lowest BCUT2D eigenvalue weighted by molar-refractivity contribution is -0.124. The molecule has 1 atom stereocenters. The van der Waals surface area contributed by atoms with Crippen LogP contribution in [0.3, 0.4) is 0 Å². The first-order valence-electron chi connectivity index (χ1n) is 9.72. The molecule has 0 aliphatic rings. The van der Waals surface area contributed by atoms with Crippen LogP contribution in [0.1, 0.15) is 28.9 Å². The number of hydrogen-bond acceptors (Lipinski definition) is 6. The molecule has 0 fully saturated rings. The van der Waals surface area contributed by atoms with E-state index in [0.29, 0.717) is 28.2 Å². The number of benzene rings is 3. The van der Waals surface area contributed by atoms with Crippen molar-refractivity contribution < 1.29 is 28.5 Å². The van der Waals surface area contributed by atoms with Crippen LogP contribution in [0.4, 0.5) is 0 Å². The minimum absolute atomic E-state index is 0.367. The molecule has 0 saturated heterocycles. The molecular formula is C24H25NO6. The highest BCUT2D eigenvalue weighted by atomic mass is 16.5. The summed E-state index contributed by atoms with van der Waals surface area (Å²) in [6.45, 7) is 1.41. The quantitative estimate of drug-likeness (QED) is 0.554. The van der Waals surface area contributed by atoms with E-state index in [9.17, 15) is 9.59 Å². The Kier molecular flexibility index (Phi) is 6.97. The highest BCUT2D eigenvalue weighted by Gasteiger charge is 2.18. The topological polar surface area (TPSA) is 83.1 Å². The summed E-state index contributed by atoms with van der Waals surface area (Å²) in [5.74, 6) is 0.917. The molecule has 0 spiro atoms. The van der Waals surface area contributed by atoms with Crippen LogP contribution in [0.2, 0.25) is 0 Å². The van der Waals surface area contributed by atoms with Crippen LogP contribution in [0.25, 0.3) is 10.8 Å². The fourth-order valence-electron chi connectivity index (χ4n) is 3.37. The van der Waals surface area contributed by atoms with Crippen LogP contribution in [0.15, 0.2) is 54.6 Å². The van der Waals surface area contributed by atoms with Crippen LogP contribution in [-0.2, 0) is 9.53 Å². The molecule has 0 heterocycles. The number of esters is 1. The Balaban J connectivity index is 1.68. The van der Waals surface area contributed by atoms with E-state index >= 15 is 0 Å². The Morgan fingerprint density at radius 1 is 0.871 bits per heavy atom. The third-order valence-electron chi connectivity index (χ3n) is 4.94. The van der Waals surface area contributed by atoms with Gasteiger partial charge in [0.1, 0.15) is 17.2 Å². The van der Waals surface area contributed by atoms with E-state index in [4.69, 9.17) is 18.9 Å². The Hall–Kier alpha value is -3.74. The molecule has 0 aliphatic carbocycles. The predicted octanol–water partition coefficient (Wildman–Crippen LogP) is 3.90. The average molecular weight is 423 g/mol. The van der Waals surface area contributed by atoms with E-state index in [1.165, 1.54) is 0 Å². The smallest absolute Gasteiger partial charge is 0.339 e. The second kappa shape index (κ2) is 9.84. The summed E-state index contributed by atoms with van der Waals surface area (Å²) in [7, 11) is 4.69. The molecule has 3 aromatic rings. The molecular weight excluding hydrogens is 398 g/mol. The van der Waals surface area contributed by atoms with Crippen molar-refractivity contribution in [3.8, 4) is 17.2 Å². The van der Waals surface area contributed by atoms with Crippen molar-refractivity contribution >= 4 is 22.6 Å². The summed E-state index contributed by atoms with van der Waals surface area (Å²) in [6, 6.07) is 15.7. The van der Waals surface area contributed by atoms with Gasteiger partial charge in [-0.25, -0.2) is 4.79 Å². The summed E-state index contributed by atoms with van der Waals surface area (Å²) in [4.78, 5) is 25.0. The van der Waals surface area contributed by atoms with Crippen LogP contribution in [-0.4, -0.2) is 39.8 Å². The molecule has 0 saturated carbocycles. The van der Waals surface area contributed by atoms with E-state index in [1.807, 2.05) is 31.2 Å². The fraction of sp³-hybridized carbons (Fsp3) is 0.250. The van der Waals surface area contributed by atoms with Gasteiger partial charge in [-0.1, -0.05) is 24.3 Å². The van der Waals surface area contributed by atoms with Crippen LogP contribution >= 0.6 is 0 Å². The number of amides is 1. The predicted molar refractivity (Wildman–Crippen MR) is 117 cm³/mol.